The van der Waals surface area contributed by atoms with E-state index in [0.717, 1.165) is 5.56 Å². The minimum atomic E-state index is 0.335. The molecular formula is C17H15Cl2N5O. The van der Waals surface area contributed by atoms with Gasteiger partial charge in [0.2, 0.25) is 5.95 Å². The van der Waals surface area contributed by atoms with Crippen LogP contribution in [0.15, 0.2) is 48.7 Å². The number of aromatic nitrogens is 3. The van der Waals surface area contributed by atoms with Crippen LogP contribution in [0.5, 0.6) is 5.75 Å². The Hall–Kier alpha value is -2.57. The molecule has 0 fully saturated rings. The molecule has 0 saturated carbocycles. The average molecular weight is 376 g/mol. The molecule has 128 valence electrons. The maximum atomic E-state index is 6.03. The van der Waals surface area contributed by atoms with Crippen LogP contribution in [0.2, 0.25) is 10.0 Å². The van der Waals surface area contributed by atoms with Crippen molar-refractivity contribution in [2.45, 2.75) is 6.54 Å². The number of nitrogens with zero attached hydrogens (tertiary/aromatic N) is 3. The van der Waals surface area contributed by atoms with E-state index >= 15 is 0 Å². The van der Waals surface area contributed by atoms with Crippen LogP contribution in [-0.2, 0) is 6.54 Å². The summed E-state index contributed by atoms with van der Waals surface area (Å²) >= 11 is 11.9. The summed E-state index contributed by atoms with van der Waals surface area (Å²) in [6.45, 7) is 0.593. The summed E-state index contributed by atoms with van der Waals surface area (Å²) in [5.41, 5.74) is 1.74. The van der Waals surface area contributed by atoms with Crippen LogP contribution < -0.4 is 15.4 Å². The maximum absolute atomic E-state index is 6.03. The molecule has 2 N–H and O–H groups in total. The van der Waals surface area contributed by atoms with E-state index in [1.165, 1.54) is 0 Å². The highest BCUT2D eigenvalue weighted by molar-refractivity contribution is 6.31. The van der Waals surface area contributed by atoms with Gasteiger partial charge in [0, 0.05) is 16.6 Å². The van der Waals surface area contributed by atoms with Crippen LogP contribution in [0.4, 0.5) is 17.5 Å². The third kappa shape index (κ3) is 4.71. The molecule has 25 heavy (non-hydrogen) atoms. The van der Waals surface area contributed by atoms with Crippen LogP contribution in [0, 0.1) is 0 Å². The molecule has 0 spiro atoms. The smallest absolute Gasteiger partial charge is 0.249 e. The van der Waals surface area contributed by atoms with Crippen LogP contribution in [0.1, 0.15) is 5.56 Å². The van der Waals surface area contributed by atoms with Crippen molar-refractivity contribution < 1.29 is 4.74 Å². The zero-order valence-corrected chi connectivity index (χ0v) is 14.8. The Labute approximate surface area is 155 Å². The molecule has 0 saturated heterocycles. The van der Waals surface area contributed by atoms with Gasteiger partial charge in [-0.1, -0.05) is 35.3 Å². The molecule has 0 aliphatic rings. The van der Waals surface area contributed by atoms with Gasteiger partial charge >= 0.3 is 0 Å². The zero-order valence-electron chi connectivity index (χ0n) is 13.3. The number of rotatable bonds is 6. The lowest BCUT2D eigenvalue weighted by molar-refractivity contribution is 0.417. The Balaban J connectivity index is 1.71. The summed E-state index contributed by atoms with van der Waals surface area (Å²) in [7, 11) is 1.58. The fraction of sp³-hybridized carbons (Fsp3) is 0.118. The van der Waals surface area contributed by atoms with E-state index in [9.17, 15) is 0 Å². The summed E-state index contributed by atoms with van der Waals surface area (Å²) in [6, 6.07) is 12.8. The van der Waals surface area contributed by atoms with Crippen molar-refractivity contribution in [1.29, 1.82) is 0 Å². The molecule has 1 heterocycles. The molecular weight excluding hydrogens is 361 g/mol. The van der Waals surface area contributed by atoms with Gasteiger partial charge in [-0.25, -0.2) is 0 Å². The van der Waals surface area contributed by atoms with E-state index in [4.69, 9.17) is 27.9 Å². The predicted octanol–water partition coefficient (Wildman–Crippen LogP) is 4.54. The molecule has 0 radical (unpaired) electrons. The second-order valence-corrected chi connectivity index (χ2v) is 5.99. The Morgan fingerprint density at radius 3 is 2.56 bits per heavy atom. The Morgan fingerprint density at radius 2 is 1.80 bits per heavy atom. The number of ether oxygens (including phenoxy) is 1. The number of hydrogen-bond acceptors (Lipinski definition) is 6. The Morgan fingerprint density at radius 1 is 1.04 bits per heavy atom. The number of benzene rings is 2. The highest BCUT2D eigenvalue weighted by Crippen LogP contribution is 2.29. The fourth-order valence-electron chi connectivity index (χ4n) is 2.13. The van der Waals surface area contributed by atoms with Gasteiger partial charge in [0.15, 0.2) is 5.82 Å². The van der Waals surface area contributed by atoms with Gasteiger partial charge in [-0.15, -0.1) is 5.10 Å². The van der Waals surface area contributed by atoms with E-state index in [1.54, 1.807) is 31.5 Å². The molecule has 0 aliphatic heterocycles. The summed E-state index contributed by atoms with van der Waals surface area (Å²) in [4.78, 5) is 4.39. The Bertz CT molecular complexity index is 858. The van der Waals surface area contributed by atoms with Crippen molar-refractivity contribution in [3.63, 3.8) is 0 Å². The summed E-state index contributed by atoms with van der Waals surface area (Å²) < 4.78 is 5.29. The number of anilines is 3. The molecule has 3 rings (SSSR count). The van der Waals surface area contributed by atoms with Crippen molar-refractivity contribution in [3.8, 4) is 5.75 Å². The second kappa shape index (κ2) is 8.00. The average Bonchev–Trinajstić information content (AvgIpc) is 2.62. The second-order valence-electron chi connectivity index (χ2n) is 5.11. The van der Waals surface area contributed by atoms with E-state index in [-0.39, 0.29) is 0 Å². The van der Waals surface area contributed by atoms with Crippen molar-refractivity contribution in [2.75, 3.05) is 17.7 Å². The minimum absolute atomic E-state index is 0.335. The molecule has 0 atom stereocenters. The summed E-state index contributed by atoms with van der Waals surface area (Å²) in [6.07, 6.45) is 1.55. The summed E-state index contributed by atoms with van der Waals surface area (Å²) in [5.74, 6) is 1.56. The van der Waals surface area contributed by atoms with Crippen LogP contribution in [0.3, 0.4) is 0 Å². The molecule has 2 aromatic carbocycles. The lowest BCUT2D eigenvalue weighted by Gasteiger charge is -2.11. The summed E-state index contributed by atoms with van der Waals surface area (Å²) in [5, 5.41) is 15.5. The molecule has 0 unspecified atom stereocenters. The van der Waals surface area contributed by atoms with E-state index in [2.05, 4.69) is 25.8 Å². The van der Waals surface area contributed by atoms with Crippen molar-refractivity contribution in [1.82, 2.24) is 15.2 Å². The highest BCUT2D eigenvalue weighted by Gasteiger charge is 2.07. The predicted molar refractivity (Wildman–Crippen MR) is 99.9 cm³/mol. The normalized spacial score (nSPS) is 10.4. The standard InChI is InChI=1S/C17H15Cl2N5O/c1-25-15-7-6-13(19)8-14(15)22-17-23-16(10-21-24-17)20-9-11-2-4-12(18)5-3-11/h2-8,10H,9H2,1H3,(H2,20,22,23,24). The van der Waals surface area contributed by atoms with E-state index < -0.39 is 0 Å². The molecule has 3 aromatic rings. The molecule has 1 aromatic heterocycles. The molecule has 0 amide bonds. The van der Waals surface area contributed by atoms with Gasteiger partial charge in [-0.05, 0) is 35.9 Å². The molecule has 8 heteroatoms. The van der Waals surface area contributed by atoms with Crippen LogP contribution in [-0.4, -0.2) is 22.3 Å². The zero-order chi connectivity index (χ0) is 17.6. The van der Waals surface area contributed by atoms with Crippen LogP contribution in [0.25, 0.3) is 0 Å². The topological polar surface area (TPSA) is 72.0 Å². The first-order chi connectivity index (χ1) is 12.1. The quantitative estimate of drug-likeness (QED) is 0.658. The van der Waals surface area contributed by atoms with Crippen molar-refractivity contribution in [3.05, 3.63) is 64.3 Å². The SMILES string of the molecule is COc1ccc(Cl)cc1Nc1nncc(NCc2ccc(Cl)cc2)n1. The third-order valence-electron chi connectivity index (χ3n) is 3.35. The monoisotopic (exact) mass is 375 g/mol. The van der Waals surface area contributed by atoms with Crippen LogP contribution >= 0.6 is 23.2 Å². The lowest BCUT2D eigenvalue weighted by atomic mass is 10.2. The Kier molecular flexibility index (Phi) is 5.53. The van der Waals surface area contributed by atoms with Crippen molar-refractivity contribution in [2.24, 2.45) is 0 Å². The third-order valence-corrected chi connectivity index (χ3v) is 3.84. The number of nitrogens with one attached hydrogen (secondary N) is 2. The minimum Gasteiger partial charge on any atom is -0.495 e. The largest absolute Gasteiger partial charge is 0.495 e. The molecule has 0 bridgehead atoms. The van der Waals surface area contributed by atoms with Gasteiger partial charge in [-0.3, -0.25) is 0 Å². The van der Waals surface area contributed by atoms with Gasteiger partial charge in [0.05, 0.1) is 19.0 Å². The fourth-order valence-corrected chi connectivity index (χ4v) is 2.43. The molecule has 0 aliphatic carbocycles. The first-order valence-electron chi connectivity index (χ1n) is 7.42. The number of hydrogen-bond donors (Lipinski definition) is 2. The van der Waals surface area contributed by atoms with Gasteiger partial charge in [0.1, 0.15) is 5.75 Å². The first-order valence-corrected chi connectivity index (χ1v) is 8.18. The highest BCUT2D eigenvalue weighted by atomic mass is 35.5. The van der Waals surface area contributed by atoms with Gasteiger partial charge < -0.3 is 15.4 Å². The number of halogens is 2. The van der Waals surface area contributed by atoms with E-state index in [0.29, 0.717) is 39.8 Å². The lowest BCUT2D eigenvalue weighted by Crippen LogP contribution is -2.06. The maximum Gasteiger partial charge on any atom is 0.249 e. The van der Waals surface area contributed by atoms with Gasteiger partial charge in [0.25, 0.3) is 0 Å². The van der Waals surface area contributed by atoms with E-state index in [1.807, 2.05) is 24.3 Å². The first kappa shape index (κ1) is 17.3. The van der Waals surface area contributed by atoms with Gasteiger partial charge in [-0.2, -0.15) is 10.1 Å². The molecule has 6 nitrogen and oxygen atoms in total. The van der Waals surface area contributed by atoms with Crippen molar-refractivity contribution >= 4 is 40.7 Å². The number of methoxy groups -OCH3 is 1.